The van der Waals surface area contributed by atoms with Gasteiger partial charge < -0.3 is 10.2 Å². The molecule has 3 heteroatoms. The van der Waals surface area contributed by atoms with Gasteiger partial charge in [0, 0.05) is 25.3 Å². The quantitative estimate of drug-likeness (QED) is 0.695. The number of aromatic nitrogens is 1. The molecule has 0 spiro atoms. The number of hydrogen-bond donors (Lipinski definition) is 1. The molecule has 0 aromatic carbocycles. The molecular formula is C18H33N3. The topological polar surface area (TPSA) is 28.2 Å². The maximum Gasteiger partial charge on any atom is 0.129 e. The fourth-order valence-corrected chi connectivity index (χ4v) is 2.40. The van der Waals surface area contributed by atoms with E-state index >= 15 is 0 Å². The largest absolute Gasteiger partial charge is 0.357 e. The van der Waals surface area contributed by atoms with Crippen molar-refractivity contribution in [2.75, 3.05) is 25.0 Å². The molecular weight excluding hydrogens is 258 g/mol. The highest BCUT2D eigenvalue weighted by Gasteiger charge is 2.11. The van der Waals surface area contributed by atoms with Crippen molar-refractivity contribution in [1.82, 2.24) is 10.3 Å². The van der Waals surface area contributed by atoms with Gasteiger partial charge in [-0.05, 0) is 43.5 Å². The van der Waals surface area contributed by atoms with Gasteiger partial charge in [-0.1, -0.05) is 40.5 Å². The van der Waals surface area contributed by atoms with Crippen LogP contribution in [0, 0.1) is 0 Å². The molecule has 3 nitrogen and oxygen atoms in total. The fraction of sp³-hybridized carbons (Fsp3) is 0.722. The summed E-state index contributed by atoms with van der Waals surface area (Å²) < 4.78 is 0. The average molecular weight is 291 g/mol. The van der Waals surface area contributed by atoms with E-state index in [4.69, 9.17) is 4.98 Å². The Morgan fingerprint density at radius 2 is 1.71 bits per heavy atom. The van der Waals surface area contributed by atoms with Gasteiger partial charge in [0.05, 0.1) is 0 Å². The van der Waals surface area contributed by atoms with Gasteiger partial charge >= 0.3 is 0 Å². The Morgan fingerprint density at radius 1 is 1.10 bits per heavy atom. The van der Waals surface area contributed by atoms with Gasteiger partial charge in [-0.25, -0.2) is 4.98 Å². The lowest BCUT2D eigenvalue weighted by molar-refractivity contribution is 0.666. The highest BCUT2D eigenvalue weighted by Crippen LogP contribution is 2.21. The lowest BCUT2D eigenvalue weighted by atomic mass is 10.1. The Kier molecular flexibility index (Phi) is 8.36. The second kappa shape index (κ2) is 9.78. The van der Waals surface area contributed by atoms with Crippen molar-refractivity contribution in [2.24, 2.45) is 0 Å². The van der Waals surface area contributed by atoms with Gasteiger partial charge in [0.1, 0.15) is 5.82 Å². The predicted molar refractivity (Wildman–Crippen MR) is 93.1 cm³/mol. The molecule has 0 aliphatic carbocycles. The number of nitrogens with one attached hydrogen (secondary N) is 1. The smallest absolute Gasteiger partial charge is 0.129 e. The summed E-state index contributed by atoms with van der Waals surface area (Å²) in [6.07, 6.45) is 4.93. The SMILES string of the molecule is CCCCN(CCCC)c1cc(CNC)cc(C(C)C)n1. The maximum absolute atomic E-state index is 4.92. The van der Waals surface area contributed by atoms with Crippen molar-refractivity contribution in [1.29, 1.82) is 0 Å². The number of rotatable bonds is 10. The highest BCUT2D eigenvalue weighted by atomic mass is 15.2. The van der Waals surface area contributed by atoms with Crippen molar-refractivity contribution >= 4 is 5.82 Å². The van der Waals surface area contributed by atoms with Crippen LogP contribution in [0.1, 0.15) is 70.6 Å². The van der Waals surface area contributed by atoms with E-state index < -0.39 is 0 Å². The molecule has 1 rings (SSSR count). The van der Waals surface area contributed by atoms with Crippen LogP contribution >= 0.6 is 0 Å². The van der Waals surface area contributed by atoms with E-state index in [0.717, 1.165) is 25.5 Å². The summed E-state index contributed by atoms with van der Waals surface area (Å²) in [7, 11) is 2.00. The summed E-state index contributed by atoms with van der Waals surface area (Å²) in [5.41, 5.74) is 2.54. The predicted octanol–water partition coefficient (Wildman–Crippen LogP) is 4.33. The zero-order valence-electron chi connectivity index (χ0n) is 14.6. The van der Waals surface area contributed by atoms with E-state index in [-0.39, 0.29) is 0 Å². The van der Waals surface area contributed by atoms with Crippen LogP contribution in [0.3, 0.4) is 0 Å². The molecule has 0 aliphatic rings. The molecule has 0 aliphatic heterocycles. The molecule has 1 heterocycles. The minimum absolute atomic E-state index is 0.472. The van der Waals surface area contributed by atoms with Gasteiger partial charge in [0.25, 0.3) is 0 Å². The second-order valence-corrected chi connectivity index (χ2v) is 6.14. The van der Waals surface area contributed by atoms with Crippen LogP contribution in [0.2, 0.25) is 0 Å². The summed E-state index contributed by atoms with van der Waals surface area (Å²) in [5.74, 6) is 1.63. The number of nitrogens with zero attached hydrogens (tertiary/aromatic N) is 2. The first-order valence-corrected chi connectivity index (χ1v) is 8.52. The van der Waals surface area contributed by atoms with Crippen LogP contribution in [0.15, 0.2) is 12.1 Å². The van der Waals surface area contributed by atoms with Crippen molar-refractivity contribution in [3.63, 3.8) is 0 Å². The van der Waals surface area contributed by atoms with E-state index in [2.05, 4.69) is 50.0 Å². The zero-order chi connectivity index (χ0) is 15.7. The van der Waals surface area contributed by atoms with Gasteiger partial charge in [-0.2, -0.15) is 0 Å². The minimum Gasteiger partial charge on any atom is -0.357 e. The molecule has 21 heavy (non-hydrogen) atoms. The molecule has 0 amide bonds. The molecule has 0 saturated carbocycles. The second-order valence-electron chi connectivity index (χ2n) is 6.14. The van der Waals surface area contributed by atoms with Crippen LogP contribution in [0.4, 0.5) is 5.82 Å². The summed E-state index contributed by atoms with van der Waals surface area (Å²) in [4.78, 5) is 7.39. The van der Waals surface area contributed by atoms with E-state index in [1.807, 2.05) is 7.05 Å². The standard InChI is InChI=1S/C18H33N3/c1-6-8-10-21(11-9-7-2)18-13-16(14-19-5)12-17(20-18)15(3)4/h12-13,15,19H,6-11,14H2,1-5H3. The number of anilines is 1. The number of unbranched alkanes of at least 4 members (excludes halogenated alkanes) is 2. The summed E-state index contributed by atoms with van der Waals surface area (Å²) in [6.45, 7) is 12.1. The Labute approximate surface area is 131 Å². The summed E-state index contributed by atoms with van der Waals surface area (Å²) in [6, 6.07) is 4.50. The van der Waals surface area contributed by atoms with Crippen molar-refractivity contribution < 1.29 is 0 Å². The lowest BCUT2D eigenvalue weighted by Crippen LogP contribution is -2.27. The van der Waals surface area contributed by atoms with Gasteiger partial charge in [-0.3, -0.25) is 0 Å². The number of pyridine rings is 1. The first-order chi connectivity index (χ1) is 10.1. The lowest BCUT2D eigenvalue weighted by Gasteiger charge is -2.25. The molecule has 1 aromatic heterocycles. The average Bonchev–Trinajstić information content (AvgIpc) is 2.47. The fourth-order valence-electron chi connectivity index (χ4n) is 2.40. The molecule has 120 valence electrons. The molecule has 0 unspecified atom stereocenters. The monoisotopic (exact) mass is 291 g/mol. The van der Waals surface area contributed by atoms with Crippen molar-refractivity contribution in [3.8, 4) is 0 Å². The van der Waals surface area contributed by atoms with Gasteiger partial charge in [-0.15, -0.1) is 0 Å². The van der Waals surface area contributed by atoms with Crippen LogP contribution in [-0.4, -0.2) is 25.1 Å². The third-order valence-electron chi connectivity index (χ3n) is 3.75. The Hall–Kier alpha value is -1.09. The highest BCUT2D eigenvalue weighted by molar-refractivity contribution is 5.43. The molecule has 0 saturated heterocycles. The van der Waals surface area contributed by atoms with Crippen molar-refractivity contribution in [3.05, 3.63) is 23.4 Å². The maximum atomic E-state index is 4.92. The van der Waals surface area contributed by atoms with Crippen LogP contribution < -0.4 is 10.2 Å². The summed E-state index contributed by atoms with van der Waals surface area (Å²) >= 11 is 0. The van der Waals surface area contributed by atoms with E-state index in [9.17, 15) is 0 Å². The third kappa shape index (κ3) is 6.04. The first kappa shape index (κ1) is 18.0. The number of hydrogen-bond acceptors (Lipinski definition) is 3. The summed E-state index contributed by atoms with van der Waals surface area (Å²) in [5, 5.41) is 3.26. The molecule has 0 fully saturated rings. The van der Waals surface area contributed by atoms with E-state index in [1.54, 1.807) is 0 Å². The third-order valence-corrected chi connectivity index (χ3v) is 3.75. The van der Waals surface area contributed by atoms with Gasteiger partial charge in [0.2, 0.25) is 0 Å². The molecule has 1 N–H and O–H groups in total. The minimum atomic E-state index is 0.472. The Bertz CT molecular complexity index is 393. The van der Waals surface area contributed by atoms with Gasteiger partial charge in [0.15, 0.2) is 0 Å². The Morgan fingerprint density at radius 3 is 2.19 bits per heavy atom. The molecule has 0 atom stereocenters. The normalized spacial score (nSPS) is 11.1. The first-order valence-electron chi connectivity index (χ1n) is 8.52. The van der Waals surface area contributed by atoms with E-state index in [0.29, 0.717) is 5.92 Å². The molecule has 0 radical (unpaired) electrons. The molecule has 0 bridgehead atoms. The van der Waals surface area contributed by atoms with Crippen LogP contribution in [-0.2, 0) is 6.54 Å². The zero-order valence-corrected chi connectivity index (χ0v) is 14.6. The van der Waals surface area contributed by atoms with Crippen LogP contribution in [0.5, 0.6) is 0 Å². The van der Waals surface area contributed by atoms with E-state index in [1.165, 1.54) is 36.9 Å². The van der Waals surface area contributed by atoms with Crippen molar-refractivity contribution in [2.45, 2.75) is 65.8 Å². The molecule has 1 aromatic rings. The van der Waals surface area contributed by atoms with Crippen LogP contribution in [0.25, 0.3) is 0 Å². The Balaban J connectivity index is 3.02.